The number of hydrogen-bond donors (Lipinski definition) is 1. The van der Waals surface area contributed by atoms with E-state index >= 15 is 0 Å². The van der Waals surface area contributed by atoms with Gasteiger partial charge in [-0.15, -0.1) is 0 Å². The molecule has 4 nitrogen and oxygen atoms in total. The fraction of sp³-hybridized carbons (Fsp3) is 0.769. The third-order valence-electron chi connectivity index (χ3n) is 2.67. The number of hydrogen-bond acceptors (Lipinski definition) is 3. The summed E-state index contributed by atoms with van der Waals surface area (Å²) < 4.78 is 7.35. The van der Waals surface area contributed by atoms with Crippen molar-refractivity contribution in [2.24, 2.45) is 0 Å². The highest BCUT2D eigenvalue weighted by Crippen LogP contribution is 2.09. The van der Waals surface area contributed by atoms with Crippen molar-refractivity contribution < 1.29 is 4.74 Å². The van der Waals surface area contributed by atoms with Gasteiger partial charge in [0.25, 0.3) is 0 Å². The van der Waals surface area contributed by atoms with Crippen LogP contribution in [0.4, 0.5) is 0 Å². The minimum Gasteiger partial charge on any atom is -0.380 e. The van der Waals surface area contributed by atoms with Gasteiger partial charge in [-0.25, -0.2) is 0 Å². The molecule has 0 radical (unpaired) electrons. The molecule has 0 aliphatic carbocycles. The Bertz CT molecular complexity index is 339. The molecule has 0 saturated carbocycles. The molecule has 0 saturated heterocycles. The van der Waals surface area contributed by atoms with Gasteiger partial charge < -0.3 is 10.1 Å². The highest BCUT2D eigenvalue weighted by Gasteiger charge is 2.11. The van der Waals surface area contributed by atoms with Gasteiger partial charge in [0.1, 0.15) is 0 Å². The van der Waals surface area contributed by atoms with Gasteiger partial charge in [-0.2, -0.15) is 5.10 Å². The van der Waals surface area contributed by atoms with Crippen molar-refractivity contribution in [1.82, 2.24) is 15.1 Å². The smallest absolute Gasteiger partial charge is 0.0662 e. The van der Waals surface area contributed by atoms with Crippen molar-refractivity contribution in [3.63, 3.8) is 0 Å². The number of rotatable bonds is 6. The molecule has 0 aliphatic heterocycles. The zero-order valence-electron chi connectivity index (χ0n) is 11.7. The Morgan fingerprint density at radius 3 is 2.71 bits per heavy atom. The minimum atomic E-state index is 0.139. The molecule has 0 bridgehead atoms. The maximum Gasteiger partial charge on any atom is 0.0662 e. The summed E-state index contributed by atoms with van der Waals surface area (Å²) in [5, 5.41) is 7.86. The first-order chi connectivity index (χ1) is 7.94. The second-order valence-electron chi connectivity index (χ2n) is 5.28. The van der Waals surface area contributed by atoms with Crippen molar-refractivity contribution in [1.29, 1.82) is 0 Å². The lowest BCUT2D eigenvalue weighted by Gasteiger charge is -2.20. The summed E-state index contributed by atoms with van der Waals surface area (Å²) in [7, 11) is 0. The zero-order chi connectivity index (χ0) is 12.9. The molecular weight excluding hydrogens is 214 g/mol. The molecule has 0 amide bonds. The molecular formula is C13H25N3O. The summed E-state index contributed by atoms with van der Waals surface area (Å²) in [4.78, 5) is 0. The van der Waals surface area contributed by atoms with Crippen LogP contribution in [0, 0.1) is 6.92 Å². The van der Waals surface area contributed by atoms with E-state index in [1.54, 1.807) is 0 Å². The Balaban J connectivity index is 2.52. The molecule has 0 atom stereocenters. The lowest BCUT2D eigenvalue weighted by molar-refractivity contribution is 0.136. The summed E-state index contributed by atoms with van der Waals surface area (Å²) >= 11 is 0. The highest BCUT2D eigenvalue weighted by molar-refractivity contribution is 5.16. The first-order valence-corrected chi connectivity index (χ1v) is 6.28. The molecule has 4 heteroatoms. The molecule has 0 unspecified atom stereocenters. The molecule has 0 spiro atoms. The monoisotopic (exact) mass is 239 g/mol. The topological polar surface area (TPSA) is 39.1 Å². The second-order valence-corrected chi connectivity index (χ2v) is 5.28. The zero-order valence-corrected chi connectivity index (χ0v) is 11.7. The van der Waals surface area contributed by atoms with Crippen LogP contribution in [0.1, 0.15) is 39.0 Å². The largest absolute Gasteiger partial charge is 0.380 e. The van der Waals surface area contributed by atoms with Gasteiger partial charge in [0, 0.05) is 29.9 Å². The summed E-state index contributed by atoms with van der Waals surface area (Å²) in [6.07, 6.45) is 1.94. The van der Waals surface area contributed by atoms with Crippen LogP contribution in [-0.2, 0) is 17.8 Å². The van der Waals surface area contributed by atoms with Crippen LogP contribution in [0.3, 0.4) is 0 Å². The Kier molecular flexibility index (Phi) is 5.15. The van der Waals surface area contributed by atoms with Gasteiger partial charge in [-0.05, 0) is 34.6 Å². The first-order valence-electron chi connectivity index (χ1n) is 6.28. The minimum absolute atomic E-state index is 0.139. The third-order valence-corrected chi connectivity index (χ3v) is 2.67. The van der Waals surface area contributed by atoms with Gasteiger partial charge in [0.05, 0.1) is 19.3 Å². The van der Waals surface area contributed by atoms with Crippen molar-refractivity contribution in [2.75, 3.05) is 13.2 Å². The Hall–Kier alpha value is -0.870. The highest BCUT2D eigenvalue weighted by atomic mass is 16.5. The maximum atomic E-state index is 5.34. The van der Waals surface area contributed by atoms with E-state index in [1.807, 2.05) is 17.8 Å². The van der Waals surface area contributed by atoms with Crippen molar-refractivity contribution in [2.45, 2.75) is 53.2 Å². The lowest BCUT2D eigenvalue weighted by atomic mass is 10.1. The maximum absolute atomic E-state index is 5.34. The van der Waals surface area contributed by atoms with Gasteiger partial charge in [-0.1, -0.05) is 0 Å². The van der Waals surface area contributed by atoms with Gasteiger partial charge in [0.15, 0.2) is 0 Å². The Morgan fingerprint density at radius 1 is 1.41 bits per heavy atom. The van der Waals surface area contributed by atoms with Crippen LogP contribution in [-0.4, -0.2) is 28.5 Å². The molecule has 1 heterocycles. The van der Waals surface area contributed by atoms with Gasteiger partial charge in [0.2, 0.25) is 0 Å². The quantitative estimate of drug-likeness (QED) is 0.773. The van der Waals surface area contributed by atoms with Gasteiger partial charge in [-0.3, -0.25) is 4.68 Å². The fourth-order valence-electron chi connectivity index (χ4n) is 1.54. The molecule has 1 aromatic heterocycles. The Labute approximate surface area is 104 Å². The van der Waals surface area contributed by atoms with Crippen LogP contribution >= 0.6 is 0 Å². The summed E-state index contributed by atoms with van der Waals surface area (Å²) in [5.41, 5.74) is 2.62. The van der Waals surface area contributed by atoms with Crippen LogP contribution in [0.15, 0.2) is 6.20 Å². The first kappa shape index (κ1) is 14.2. The number of ether oxygens (including phenoxy) is 1. The van der Waals surface area contributed by atoms with E-state index in [4.69, 9.17) is 4.74 Å². The van der Waals surface area contributed by atoms with Crippen LogP contribution < -0.4 is 5.32 Å². The van der Waals surface area contributed by atoms with E-state index in [0.29, 0.717) is 0 Å². The van der Waals surface area contributed by atoms with Crippen LogP contribution in [0.5, 0.6) is 0 Å². The molecule has 0 fully saturated rings. The predicted octanol–water partition coefficient (Wildman–Crippen LogP) is 2.12. The van der Waals surface area contributed by atoms with E-state index in [-0.39, 0.29) is 5.54 Å². The predicted molar refractivity (Wildman–Crippen MR) is 70.0 cm³/mol. The molecule has 0 aliphatic rings. The molecule has 1 N–H and O–H groups in total. The van der Waals surface area contributed by atoms with E-state index in [2.05, 4.69) is 38.1 Å². The van der Waals surface area contributed by atoms with Crippen LogP contribution in [0.25, 0.3) is 0 Å². The summed E-state index contributed by atoms with van der Waals surface area (Å²) in [6.45, 7) is 13.8. The molecule has 0 aromatic carbocycles. The van der Waals surface area contributed by atoms with Gasteiger partial charge >= 0.3 is 0 Å². The van der Waals surface area contributed by atoms with Crippen molar-refractivity contribution in [3.05, 3.63) is 17.5 Å². The number of nitrogens with zero attached hydrogens (tertiary/aromatic N) is 2. The standard InChI is InChI=1S/C13H25N3O/c1-6-17-8-7-16-11(2)12(10-15-16)9-14-13(3,4)5/h10,14H,6-9H2,1-5H3. The SMILES string of the molecule is CCOCCn1ncc(CNC(C)(C)C)c1C. The number of aromatic nitrogens is 2. The molecule has 17 heavy (non-hydrogen) atoms. The molecule has 1 aromatic rings. The average molecular weight is 239 g/mol. The molecule has 1 rings (SSSR count). The average Bonchev–Trinajstić information content (AvgIpc) is 2.57. The summed E-state index contributed by atoms with van der Waals surface area (Å²) in [5.74, 6) is 0. The summed E-state index contributed by atoms with van der Waals surface area (Å²) in [6, 6.07) is 0. The Morgan fingerprint density at radius 2 is 2.12 bits per heavy atom. The van der Waals surface area contributed by atoms with Crippen LogP contribution in [0.2, 0.25) is 0 Å². The molecule has 98 valence electrons. The normalized spacial score (nSPS) is 12.1. The van der Waals surface area contributed by atoms with Crippen molar-refractivity contribution in [3.8, 4) is 0 Å². The third kappa shape index (κ3) is 4.88. The van der Waals surface area contributed by atoms with E-state index < -0.39 is 0 Å². The number of nitrogens with one attached hydrogen (secondary N) is 1. The lowest BCUT2D eigenvalue weighted by Crippen LogP contribution is -2.35. The van der Waals surface area contributed by atoms with E-state index in [9.17, 15) is 0 Å². The second kappa shape index (κ2) is 6.17. The van der Waals surface area contributed by atoms with Crippen molar-refractivity contribution >= 4 is 0 Å². The van der Waals surface area contributed by atoms with E-state index in [1.165, 1.54) is 11.3 Å². The van der Waals surface area contributed by atoms with E-state index in [0.717, 1.165) is 26.3 Å². The fourth-order valence-corrected chi connectivity index (χ4v) is 1.54.